The van der Waals surface area contributed by atoms with Gasteiger partial charge in [0, 0.05) is 30.8 Å². The molecule has 0 fully saturated rings. The van der Waals surface area contributed by atoms with Gasteiger partial charge in [0.05, 0.1) is 12.2 Å². The Morgan fingerprint density at radius 1 is 1.30 bits per heavy atom. The molecule has 8 heteroatoms. The summed E-state index contributed by atoms with van der Waals surface area (Å²) in [6.07, 6.45) is 6.90. The third-order valence-corrected chi connectivity index (χ3v) is 4.31. The van der Waals surface area contributed by atoms with Crippen molar-refractivity contribution < 1.29 is 4.79 Å². The standard InChI is InChI=1S/C15H16N6OS/c1-10(9-21-8-4-7-18-21)19-14(22)12-11(2)20-15(23-12)13-16-5-3-6-17-13/h3-8,10H,9H2,1-2H3,(H,19,22)/t10-/m0/s1. The Morgan fingerprint density at radius 2 is 2.09 bits per heavy atom. The van der Waals surface area contributed by atoms with Crippen LogP contribution >= 0.6 is 11.3 Å². The molecule has 0 spiro atoms. The average molecular weight is 328 g/mol. The maximum Gasteiger partial charge on any atom is 0.263 e. The zero-order chi connectivity index (χ0) is 16.2. The monoisotopic (exact) mass is 328 g/mol. The second-order valence-electron chi connectivity index (χ2n) is 5.11. The molecular formula is C15H16N6OS. The summed E-state index contributed by atoms with van der Waals surface area (Å²) in [7, 11) is 0. The highest BCUT2D eigenvalue weighted by Crippen LogP contribution is 2.25. The number of nitrogens with zero attached hydrogens (tertiary/aromatic N) is 5. The van der Waals surface area contributed by atoms with Crippen molar-refractivity contribution in [3.63, 3.8) is 0 Å². The predicted molar refractivity (Wildman–Crippen MR) is 87.0 cm³/mol. The largest absolute Gasteiger partial charge is 0.347 e. The first-order valence-electron chi connectivity index (χ1n) is 7.16. The number of hydrogen-bond donors (Lipinski definition) is 1. The number of aromatic nitrogens is 5. The van der Waals surface area contributed by atoms with Gasteiger partial charge in [-0.3, -0.25) is 9.48 Å². The van der Waals surface area contributed by atoms with Gasteiger partial charge in [-0.15, -0.1) is 11.3 Å². The number of carbonyl (C=O) groups is 1. The molecule has 7 nitrogen and oxygen atoms in total. The lowest BCUT2D eigenvalue weighted by molar-refractivity contribution is 0.0939. The first-order valence-corrected chi connectivity index (χ1v) is 7.98. The lowest BCUT2D eigenvalue weighted by Gasteiger charge is -2.13. The molecule has 0 radical (unpaired) electrons. The van der Waals surface area contributed by atoms with Gasteiger partial charge in [-0.2, -0.15) is 5.10 Å². The molecule has 0 aliphatic rings. The van der Waals surface area contributed by atoms with Gasteiger partial charge in [0.2, 0.25) is 0 Å². The summed E-state index contributed by atoms with van der Waals surface area (Å²) in [6, 6.07) is 3.56. The smallest absolute Gasteiger partial charge is 0.263 e. The summed E-state index contributed by atoms with van der Waals surface area (Å²) in [6.45, 7) is 4.37. The highest BCUT2D eigenvalue weighted by atomic mass is 32.1. The van der Waals surface area contributed by atoms with E-state index in [1.54, 1.807) is 29.3 Å². The fraction of sp³-hybridized carbons (Fsp3) is 0.267. The van der Waals surface area contributed by atoms with Crippen LogP contribution in [0.15, 0.2) is 36.9 Å². The molecule has 0 saturated heterocycles. The van der Waals surface area contributed by atoms with Crippen molar-refractivity contribution in [3.8, 4) is 10.8 Å². The van der Waals surface area contributed by atoms with Crippen molar-refractivity contribution in [1.29, 1.82) is 0 Å². The first kappa shape index (κ1) is 15.3. The number of nitrogens with one attached hydrogen (secondary N) is 1. The number of thiazole rings is 1. The van der Waals surface area contributed by atoms with Gasteiger partial charge in [0.15, 0.2) is 10.8 Å². The summed E-state index contributed by atoms with van der Waals surface area (Å²) in [4.78, 5) is 25.8. The number of aryl methyl sites for hydroxylation is 1. The summed E-state index contributed by atoms with van der Waals surface area (Å²) >= 11 is 1.30. The molecule has 0 saturated carbocycles. The van der Waals surface area contributed by atoms with Gasteiger partial charge >= 0.3 is 0 Å². The van der Waals surface area contributed by atoms with E-state index >= 15 is 0 Å². The van der Waals surface area contributed by atoms with E-state index in [1.807, 2.05) is 26.1 Å². The van der Waals surface area contributed by atoms with Crippen LogP contribution in [0.3, 0.4) is 0 Å². The van der Waals surface area contributed by atoms with Crippen LogP contribution in [0, 0.1) is 6.92 Å². The Morgan fingerprint density at radius 3 is 2.78 bits per heavy atom. The molecule has 1 amide bonds. The fourth-order valence-corrected chi connectivity index (χ4v) is 3.05. The van der Waals surface area contributed by atoms with E-state index in [4.69, 9.17) is 0 Å². The maximum atomic E-state index is 12.4. The molecule has 3 aromatic rings. The van der Waals surface area contributed by atoms with Gasteiger partial charge in [-0.1, -0.05) is 0 Å². The van der Waals surface area contributed by atoms with Crippen molar-refractivity contribution in [2.45, 2.75) is 26.4 Å². The zero-order valence-electron chi connectivity index (χ0n) is 12.8. The molecule has 118 valence electrons. The van der Waals surface area contributed by atoms with E-state index in [0.29, 0.717) is 27.9 Å². The number of carbonyl (C=O) groups excluding carboxylic acids is 1. The molecule has 0 unspecified atom stereocenters. The summed E-state index contributed by atoms with van der Waals surface area (Å²) in [5, 5.41) is 7.75. The van der Waals surface area contributed by atoms with Gasteiger partial charge < -0.3 is 5.32 Å². The van der Waals surface area contributed by atoms with E-state index in [9.17, 15) is 4.79 Å². The lowest BCUT2D eigenvalue weighted by atomic mass is 10.3. The van der Waals surface area contributed by atoms with Crippen LogP contribution in [0.1, 0.15) is 22.3 Å². The quantitative estimate of drug-likeness (QED) is 0.773. The average Bonchev–Trinajstić information content (AvgIpc) is 3.17. The fourth-order valence-electron chi connectivity index (χ4n) is 2.14. The Hall–Kier alpha value is -2.61. The SMILES string of the molecule is Cc1nc(-c2ncccn2)sc1C(=O)N[C@@H](C)Cn1cccn1. The van der Waals surface area contributed by atoms with Crippen LogP contribution in [0.5, 0.6) is 0 Å². The van der Waals surface area contributed by atoms with Crippen LogP contribution in [-0.4, -0.2) is 36.7 Å². The summed E-state index contributed by atoms with van der Waals surface area (Å²) < 4.78 is 1.79. The minimum atomic E-state index is -0.137. The van der Waals surface area contributed by atoms with Crippen LogP contribution < -0.4 is 5.32 Å². The lowest BCUT2D eigenvalue weighted by Crippen LogP contribution is -2.35. The van der Waals surface area contributed by atoms with Crippen molar-refractivity contribution >= 4 is 17.2 Å². The molecule has 1 N–H and O–H groups in total. The third-order valence-electron chi connectivity index (χ3n) is 3.16. The third kappa shape index (κ3) is 3.59. The molecule has 0 aliphatic heterocycles. The number of amides is 1. The van der Waals surface area contributed by atoms with Crippen molar-refractivity contribution in [1.82, 2.24) is 30.0 Å². The van der Waals surface area contributed by atoms with Gasteiger partial charge in [-0.25, -0.2) is 15.0 Å². The number of rotatable bonds is 5. The molecule has 3 rings (SSSR count). The van der Waals surface area contributed by atoms with E-state index in [0.717, 1.165) is 0 Å². The second kappa shape index (κ2) is 6.66. The number of hydrogen-bond acceptors (Lipinski definition) is 6. The van der Waals surface area contributed by atoms with Crippen molar-refractivity contribution in [2.24, 2.45) is 0 Å². The van der Waals surface area contributed by atoms with Gasteiger partial charge in [-0.05, 0) is 26.0 Å². The van der Waals surface area contributed by atoms with Crippen LogP contribution in [0.2, 0.25) is 0 Å². The van der Waals surface area contributed by atoms with Crippen LogP contribution in [-0.2, 0) is 6.54 Å². The zero-order valence-corrected chi connectivity index (χ0v) is 13.6. The normalized spacial score (nSPS) is 12.1. The summed E-state index contributed by atoms with van der Waals surface area (Å²) in [5.74, 6) is 0.395. The minimum absolute atomic E-state index is 0.0414. The molecule has 1 atom stereocenters. The van der Waals surface area contributed by atoms with E-state index in [2.05, 4.69) is 25.4 Å². The molecule has 3 aromatic heterocycles. The minimum Gasteiger partial charge on any atom is -0.347 e. The predicted octanol–water partition coefficient (Wildman–Crippen LogP) is 1.92. The Bertz CT molecular complexity index is 784. The highest BCUT2D eigenvalue weighted by Gasteiger charge is 2.19. The van der Waals surface area contributed by atoms with Gasteiger partial charge in [0.1, 0.15) is 4.88 Å². The Labute approximate surface area is 137 Å². The summed E-state index contributed by atoms with van der Waals surface area (Å²) in [5.41, 5.74) is 0.682. The van der Waals surface area contributed by atoms with Crippen molar-refractivity contribution in [3.05, 3.63) is 47.5 Å². The molecule has 0 aromatic carbocycles. The van der Waals surface area contributed by atoms with E-state index < -0.39 is 0 Å². The van der Waals surface area contributed by atoms with E-state index in [1.165, 1.54) is 11.3 Å². The highest BCUT2D eigenvalue weighted by molar-refractivity contribution is 7.17. The molecule has 0 bridgehead atoms. The van der Waals surface area contributed by atoms with Gasteiger partial charge in [0.25, 0.3) is 5.91 Å². The maximum absolute atomic E-state index is 12.4. The first-order chi connectivity index (χ1) is 11.1. The molecule has 23 heavy (non-hydrogen) atoms. The molecule has 0 aliphatic carbocycles. The Balaban J connectivity index is 1.71. The molecule has 3 heterocycles. The Kier molecular flexibility index (Phi) is 4.42. The van der Waals surface area contributed by atoms with Crippen molar-refractivity contribution in [2.75, 3.05) is 0 Å². The van der Waals surface area contributed by atoms with E-state index in [-0.39, 0.29) is 11.9 Å². The second-order valence-corrected chi connectivity index (χ2v) is 6.11. The van der Waals surface area contributed by atoms with Crippen LogP contribution in [0.4, 0.5) is 0 Å². The van der Waals surface area contributed by atoms with Crippen LogP contribution in [0.25, 0.3) is 10.8 Å². The molecular weight excluding hydrogens is 312 g/mol. The topological polar surface area (TPSA) is 85.6 Å².